The zero-order valence-electron chi connectivity index (χ0n) is 23.2. The van der Waals surface area contributed by atoms with E-state index in [4.69, 9.17) is 20.1 Å². The third kappa shape index (κ3) is 15.8. The number of aliphatic carboxylic acids is 3. The van der Waals surface area contributed by atoms with E-state index in [-0.39, 0.29) is 5.91 Å². The summed E-state index contributed by atoms with van der Waals surface area (Å²) in [4.78, 5) is 63.9. The fraction of sp³-hybridized carbons (Fsp3) is 0.346. The molecule has 17 heteroatoms. The number of carbonyl (C=O) groups is 5. The third-order valence-electron chi connectivity index (χ3n) is 5.32. The summed E-state index contributed by atoms with van der Waals surface area (Å²) in [6, 6.07) is 6.29. The molecule has 233 valence electrons. The molecule has 0 saturated heterocycles. The molecule has 1 unspecified atom stereocenters. The van der Waals surface area contributed by atoms with Gasteiger partial charge in [0.05, 0.1) is 19.6 Å². The number of nitrogens with one attached hydrogen (secondary N) is 3. The van der Waals surface area contributed by atoms with Crippen molar-refractivity contribution in [3.63, 3.8) is 0 Å². The quantitative estimate of drug-likeness (QED) is 0.0724. The molecule has 2 aromatic heterocycles. The molecular formula is C26H33N7O9Tc. The molecule has 0 aliphatic heterocycles. The average Bonchev–Trinajstić information content (AvgIpc) is 2.96. The summed E-state index contributed by atoms with van der Waals surface area (Å²) in [7, 11) is 1.30. The van der Waals surface area contributed by atoms with Crippen LogP contribution in [0.4, 0.5) is 5.82 Å². The Morgan fingerprint density at radius 1 is 1.00 bits per heavy atom. The van der Waals surface area contributed by atoms with Gasteiger partial charge in [0.15, 0.2) is 0 Å². The molecule has 0 saturated carbocycles. The Morgan fingerprint density at radius 2 is 1.65 bits per heavy atom. The number of carboxylic acid groups (broad SMARTS) is 3. The van der Waals surface area contributed by atoms with Gasteiger partial charge in [-0.1, -0.05) is 6.58 Å². The molecule has 2 rings (SSSR count). The zero-order chi connectivity index (χ0) is 32.2. The van der Waals surface area contributed by atoms with Crippen LogP contribution in [0.15, 0.2) is 53.2 Å². The predicted octanol–water partition coefficient (Wildman–Crippen LogP) is 0.778. The van der Waals surface area contributed by atoms with E-state index in [2.05, 4.69) is 36.3 Å². The van der Waals surface area contributed by atoms with Crippen LogP contribution in [0.2, 0.25) is 0 Å². The summed E-state index contributed by atoms with van der Waals surface area (Å²) >= 11 is 1.80. The molecule has 0 aliphatic carbocycles. The molecular weight excluding hydrogens is 652 g/mol. The number of methoxy groups -OCH3 is 1. The van der Waals surface area contributed by atoms with Gasteiger partial charge >= 0.3 is 144 Å². The number of carboxylic acids is 3. The second-order valence-corrected chi connectivity index (χ2v) is 9.06. The van der Waals surface area contributed by atoms with Crippen LogP contribution in [0.5, 0.6) is 0 Å². The monoisotopic (exact) mass is 684 g/mol. The number of rotatable bonds is 18. The number of carbonyl (C=O) groups excluding carboxylic acids is 2. The summed E-state index contributed by atoms with van der Waals surface area (Å²) in [5, 5.41) is 30.8. The van der Waals surface area contributed by atoms with E-state index in [1.165, 1.54) is 13.3 Å². The smallest absolute Gasteiger partial charge is 0.480 e. The van der Waals surface area contributed by atoms with Gasteiger partial charge in [-0.05, 0) is 12.1 Å². The molecule has 2 heterocycles. The van der Waals surface area contributed by atoms with E-state index < -0.39 is 49.6 Å². The molecule has 6 N–H and O–H groups in total. The molecule has 0 bridgehead atoms. The maximum absolute atomic E-state index is 12.4. The Morgan fingerprint density at radius 3 is 2.14 bits per heavy atom. The van der Waals surface area contributed by atoms with Crippen LogP contribution in [0.25, 0.3) is 5.70 Å². The number of ether oxygens (including phenoxy) is 1. The van der Waals surface area contributed by atoms with Crippen molar-refractivity contribution in [3.8, 4) is 0 Å². The SMILES string of the molecule is C=C(NCCCCC(NC(=O)c1ccc(N[N]=[Tc])nc1)C(=O)OC)c1cccnc1.O=C(O)CN(CC(=O)O)CC(=O)O. The van der Waals surface area contributed by atoms with Gasteiger partial charge in [0.1, 0.15) is 0 Å². The molecule has 43 heavy (non-hydrogen) atoms. The van der Waals surface area contributed by atoms with Gasteiger partial charge in [0.2, 0.25) is 0 Å². The number of aromatic nitrogens is 2. The number of esters is 1. The van der Waals surface area contributed by atoms with E-state index in [1.54, 1.807) is 43.2 Å². The number of hydrogen-bond donors (Lipinski definition) is 6. The van der Waals surface area contributed by atoms with Crippen LogP contribution >= 0.6 is 0 Å². The van der Waals surface area contributed by atoms with E-state index >= 15 is 0 Å². The Bertz CT molecular complexity index is 1210. The van der Waals surface area contributed by atoms with Crippen molar-refractivity contribution in [3.05, 3.63) is 60.6 Å². The van der Waals surface area contributed by atoms with Gasteiger partial charge in [0.25, 0.3) is 0 Å². The molecule has 1 amide bonds. The van der Waals surface area contributed by atoms with Gasteiger partial charge in [-0.25, -0.2) is 0 Å². The number of nitrogens with zero attached hydrogens (tertiary/aromatic N) is 4. The van der Waals surface area contributed by atoms with E-state index in [0.29, 0.717) is 30.8 Å². The van der Waals surface area contributed by atoms with Gasteiger partial charge in [-0.15, -0.1) is 0 Å². The van der Waals surface area contributed by atoms with Gasteiger partial charge in [0, 0.05) is 30.2 Å². The first-order valence-corrected chi connectivity index (χ1v) is 13.4. The molecule has 0 aliphatic rings. The van der Waals surface area contributed by atoms with E-state index in [0.717, 1.165) is 22.6 Å². The van der Waals surface area contributed by atoms with Crippen LogP contribution in [0, 0.1) is 0 Å². The minimum Gasteiger partial charge on any atom is -0.480 e. The fourth-order valence-corrected chi connectivity index (χ4v) is 3.58. The first-order chi connectivity index (χ1) is 20.5. The second-order valence-electron chi connectivity index (χ2n) is 8.65. The van der Waals surface area contributed by atoms with Crippen LogP contribution in [0.3, 0.4) is 0 Å². The molecule has 0 radical (unpaired) electrons. The molecule has 1 atom stereocenters. The first kappa shape index (κ1) is 36.4. The summed E-state index contributed by atoms with van der Waals surface area (Å²) < 4.78 is 8.55. The van der Waals surface area contributed by atoms with Crippen LogP contribution in [0.1, 0.15) is 35.2 Å². The number of hydrogen-bond acceptors (Lipinski definition) is 12. The average molecular weight is 686 g/mol. The summed E-state index contributed by atoms with van der Waals surface area (Å²) in [5.74, 6) is -4.14. The molecule has 0 fully saturated rings. The summed E-state index contributed by atoms with van der Waals surface area (Å²) in [5.41, 5.74) is 4.75. The number of unbranched alkanes of at least 4 members (excludes halogenated alkanes) is 1. The maximum atomic E-state index is 12.4. The molecule has 0 aromatic carbocycles. The van der Waals surface area contributed by atoms with Crippen molar-refractivity contribution in [1.29, 1.82) is 0 Å². The van der Waals surface area contributed by atoms with Crippen molar-refractivity contribution < 1.29 is 62.7 Å². The van der Waals surface area contributed by atoms with Gasteiger partial charge < -0.3 is 20.6 Å². The van der Waals surface area contributed by atoms with Crippen LogP contribution in [-0.2, 0) is 42.6 Å². The Hall–Kier alpha value is -4.60. The summed E-state index contributed by atoms with van der Waals surface area (Å²) in [6.07, 6.45) is 6.84. The third-order valence-corrected chi connectivity index (χ3v) is 5.53. The van der Waals surface area contributed by atoms with Crippen molar-refractivity contribution in [2.75, 3.05) is 38.7 Å². The topological polar surface area (TPSA) is 233 Å². The van der Waals surface area contributed by atoms with Crippen LogP contribution in [-0.4, -0.2) is 99.3 Å². The molecule has 0 spiro atoms. The fourth-order valence-electron chi connectivity index (χ4n) is 3.37. The minimum absolute atomic E-state index is 0.345. The van der Waals surface area contributed by atoms with Crippen molar-refractivity contribution in [2.24, 2.45) is 3.72 Å². The Balaban J connectivity index is 0.000000599. The zero-order valence-corrected chi connectivity index (χ0v) is 25.1. The summed E-state index contributed by atoms with van der Waals surface area (Å²) in [6.45, 7) is 2.89. The number of pyridine rings is 2. The van der Waals surface area contributed by atoms with Crippen molar-refractivity contribution in [1.82, 2.24) is 25.5 Å². The van der Waals surface area contributed by atoms with Crippen LogP contribution < -0.4 is 16.1 Å². The number of anilines is 1. The first-order valence-electron chi connectivity index (χ1n) is 12.6. The molecule has 16 nitrogen and oxygen atoms in total. The standard InChI is InChI=1S/C20H24N6O3.C6H9NO6.Tc/c1-14(15-6-5-10-22-12-15)23-11-4-3-7-17(20(28)29-2)25-19(27)16-8-9-18(26-21)24-13-16;8-4(9)1-7(2-5(10)11)3-6(12)13;/h5-6,8-10,12-13,17,23H,1,3-4,7,11H2,2H3,(H,24,26)(H,25,27);1-3H2,(H,8,9)(H,10,11)(H,12,13);. The Kier molecular flexibility index (Phi) is 17.2. The van der Waals surface area contributed by atoms with E-state index in [9.17, 15) is 24.0 Å². The minimum atomic E-state index is -1.26. The predicted molar refractivity (Wildman–Crippen MR) is 148 cm³/mol. The van der Waals surface area contributed by atoms with Crippen molar-refractivity contribution in [2.45, 2.75) is 25.3 Å². The van der Waals surface area contributed by atoms with Gasteiger partial charge in [-0.3, -0.25) is 24.3 Å². The van der Waals surface area contributed by atoms with Gasteiger partial charge in [-0.2, -0.15) is 0 Å². The second kappa shape index (κ2) is 20.3. The van der Waals surface area contributed by atoms with E-state index in [1.807, 2.05) is 12.1 Å². The number of amides is 1. The normalized spacial score (nSPS) is 10.7. The van der Waals surface area contributed by atoms with Crippen molar-refractivity contribution >= 4 is 41.3 Å². The Labute approximate surface area is 257 Å². The molecule has 2 aromatic rings.